The van der Waals surface area contributed by atoms with Gasteiger partial charge in [-0.3, -0.25) is 0 Å². The molecular formula is C26H19BrN4. The topological polar surface area (TPSA) is 49.8 Å². The van der Waals surface area contributed by atoms with Crippen LogP contribution in [0, 0.1) is 0 Å². The number of hydrogen-bond donors (Lipinski definition) is 2. The van der Waals surface area contributed by atoms with E-state index in [0.717, 1.165) is 43.8 Å². The van der Waals surface area contributed by atoms with Crippen molar-refractivity contribution in [2.45, 2.75) is 0 Å². The second-order valence-electron chi connectivity index (χ2n) is 7.09. The van der Waals surface area contributed by atoms with Gasteiger partial charge in [-0.15, -0.1) is 0 Å². The molecule has 0 aliphatic rings. The molecule has 4 aromatic carbocycles. The van der Waals surface area contributed by atoms with Gasteiger partial charge in [-0.2, -0.15) is 0 Å². The fraction of sp³-hybridized carbons (Fsp3) is 0. The molecule has 1 heterocycles. The molecule has 31 heavy (non-hydrogen) atoms. The van der Waals surface area contributed by atoms with Crippen molar-refractivity contribution >= 4 is 49.7 Å². The van der Waals surface area contributed by atoms with Gasteiger partial charge in [-0.1, -0.05) is 70.5 Å². The number of halogens is 1. The molecule has 0 bridgehead atoms. The Morgan fingerprint density at radius 1 is 0.613 bits per heavy atom. The molecule has 0 saturated carbocycles. The molecule has 0 radical (unpaired) electrons. The summed E-state index contributed by atoms with van der Waals surface area (Å²) in [6, 6.07) is 34.3. The van der Waals surface area contributed by atoms with Crippen molar-refractivity contribution in [3.8, 4) is 11.4 Å². The van der Waals surface area contributed by atoms with Gasteiger partial charge < -0.3 is 10.6 Å². The van der Waals surface area contributed by atoms with Gasteiger partial charge in [0.25, 0.3) is 0 Å². The number of aromatic nitrogens is 2. The first-order valence-corrected chi connectivity index (χ1v) is 10.8. The number of para-hydroxylation sites is 2. The lowest BCUT2D eigenvalue weighted by Crippen LogP contribution is -2.02. The van der Waals surface area contributed by atoms with E-state index in [4.69, 9.17) is 9.97 Å². The molecule has 150 valence electrons. The summed E-state index contributed by atoms with van der Waals surface area (Å²) >= 11 is 3.55. The molecule has 5 aromatic rings. The summed E-state index contributed by atoms with van der Waals surface area (Å²) in [4.78, 5) is 9.81. The normalized spacial score (nSPS) is 10.7. The summed E-state index contributed by atoms with van der Waals surface area (Å²) < 4.78 is 0.991. The zero-order valence-corrected chi connectivity index (χ0v) is 18.2. The molecule has 0 aliphatic carbocycles. The van der Waals surface area contributed by atoms with Crippen LogP contribution in [0.2, 0.25) is 0 Å². The SMILES string of the molecule is Brc1cccc(-c2nc(Nc3ccccc3)c3c(Nc4ccccc4)cccc3n2)c1. The smallest absolute Gasteiger partial charge is 0.162 e. The molecule has 0 spiro atoms. The minimum absolute atomic E-state index is 0.670. The van der Waals surface area contributed by atoms with E-state index in [1.807, 2.05) is 103 Å². The molecule has 4 nitrogen and oxygen atoms in total. The van der Waals surface area contributed by atoms with Crippen LogP contribution in [0.4, 0.5) is 22.9 Å². The first-order valence-electron chi connectivity index (χ1n) is 9.97. The van der Waals surface area contributed by atoms with Crippen molar-refractivity contribution in [3.05, 3.63) is 108 Å². The zero-order valence-electron chi connectivity index (χ0n) is 16.6. The Kier molecular flexibility index (Phi) is 5.33. The Hall–Kier alpha value is -3.70. The number of nitrogens with one attached hydrogen (secondary N) is 2. The first kappa shape index (κ1) is 19.3. The molecule has 0 saturated heterocycles. The van der Waals surface area contributed by atoms with Gasteiger partial charge in [0.15, 0.2) is 5.82 Å². The van der Waals surface area contributed by atoms with Crippen LogP contribution in [0.25, 0.3) is 22.3 Å². The lowest BCUT2D eigenvalue weighted by atomic mass is 10.1. The van der Waals surface area contributed by atoms with E-state index in [-0.39, 0.29) is 0 Å². The van der Waals surface area contributed by atoms with Crippen LogP contribution in [0.15, 0.2) is 108 Å². The van der Waals surface area contributed by atoms with Crippen molar-refractivity contribution in [1.82, 2.24) is 9.97 Å². The zero-order chi connectivity index (χ0) is 21.0. The number of nitrogens with zero attached hydrogens (tertiary/aromatic N) is 2. The predicted molar refractivity (Wildman–Crippen MR) is 132 cm³/mol. The second kappa shape index (κ2) is 8.58. The van der Waals surface area contributed by atoms with Crippen LogP contribution in [-0.4, -0.2) is 9.97 Å². The first-order chi connectivity index (χ1) is 15.3. The quantitative estimate of drug-likeness (QED) is 0.280. The van der Waals surface area contributed by atoms with Gasteiger partial charge >= 0.3 is 0 Å². The van der Waals surface area contributed by atoms with E-state index in [1.165, 1.54) is 0 Å². The van der Waals surface area contributed by atoms with Crippen LogP contribution in [-0.2, 0) is 0 Å². The molecule has 5 heteroatoms. The lowest BCUT2D eigenvalue weighted by molar-refractivity contribution is 1.22. The van der Waals surface area contributed by atoms with Crippen LogP contribution in [0.5, 0.6) is 0 Å². The van der Waals surface area contributed by atoms with E-state index in [0.29, 0.717) is 5.82 Å². The van der Waals surface area contributed by atoms with Crippen molar-refractivity contribution in [2.24, 2.45) is 0 Å². The maximum absolute atomic E-state index is 4.93. The number of hydrogen-bond acceptors (Lipinski definition) is 4. The average Bonchev–Trinajstić information content (AvgIpc) is 2.80. The summed E-state index contributed by atoms with van der Waals surface area (Å²) in [7, 11) is 0. The highest BCUT2D eigenvalue weighted by Crippen LogP contribution is 2.34. The van der Waals surface area contributed by atoms with Gasteiger partial charge in [0.2, 0.25) is 0 Å². The summed E-state index contributed by atoms with van der Waals surface area (Å²) in [6.45, 7) is 0. The van der Waals surface area contributed by atoms with Gasteiger partial charge in [0.05, 0.1) is 16.6 Å². The Morgan fingerprint density at radius 3 is 2.00 bits per heavy atom. The van der Waals surface area contributed by atoms with Gasteiger partial charge in [-0.05, 0) is 48.5 Å². The maximum Gasteiger partial charge on any atom is 0.162 e. The molecular weight excluding hydrogens is 448 g/mol. The highest BCUT2D eigenvalue weighted by Gasteiger charge is 2.14. The summed E-state index contributed by atoms with van der Waals surface area (Å²) in [5.41, 5.74) is 4.75. The van der Waals surface area contributed by atoms with Crippen LogP contribution < -0.4 is 10.6 Å². The lowest BCUT2D eigenvalue weighted by Gasteiger charge is -2.15. The Balaban J connectivity index is 1.69. The summed E-state index contributed by atoms with van der Waals surface area (Å²) in [5.74, 6) is 1.43. The van der Waals surface area contributed by atoms with Crippen LogP contribution in [0.1, 0.15) is 0 Å². The minimum Gasteiger partial charge on any atom is -0.355 e. The molecule has 1 aromatic heterocycles. The molecule has 0 aliphatic heterocycles. The Morgan fingerprint density at radius 2 is 1.29 bits per heavy atom. The fourth-order valence-corrected chi connectivity index (χ4v) is 3.87. The van der Waals surface area contributed by atoms with Gasteiger partial charge in [0, 0.05) is 21.4 Å². The van der Waals surface area contributed by atoms with E-state index < -0.39 is 0 Å². The highest BCUT2D eigenvalue weighted by atomic mass is 79.9. The Bertz CT molecular complexity index is 1340. The van der Waals surface area contributed by atoms with E-state index >= 15 is 0 Å². The molecule has 2 N–H and O–H groups in total. The third-order valence-corrected chi connectivity index (χ3v) is 5.39. The monoisotopic (exact) mass is 466 g/mol. The maximum atomic E-state index is 4.93. The van der Waals surface area contributed by atoms with E-state index in [2.05, 4.69) is 26.6 Å². The fourth-order valence-electron chi connectivity index (χ4n) is 3.47. The molecule has 0 fully saturated rings. The minimum atomic E-state index is 0.670. The third-order valence-electron chi connectivity index (χ3n) is 4.90. The molecule has 0 amide bonds. The van der Waals surface area contributed by atoms with Crippen molar-refractivity contribution in [3.63, 3.8) is 0 Å². The van der Waals surface area contributed by atoms with Crippen LogP contribution in [0.3, 0.4) is 0 Å². The molecule has 5 rings (SSSR count). The average molecular weight is 467 g/mol. The molecule has 0 unspecified atom stereocenters. The second-order valence-corrected chi connectivity index (χ2v) is 8.00. The summed E-state index contributed by atoms with van der Waals surface area (Å²) in [5, 5.41) is 7.95. The van der Waals surface area contributed by atoms with Crippen molar-refractivity contribution < 1.29 is 0 Å². The van der Waals surface area contributed by atoms with Crippen molar-refractivity contribution in [2.75, 3.05) is 10.6 Å². The van der Waals surface area contributed by atoms with E-state index in [9.17, 15) is 0 Å². The Labute approximate surface area is 189 Å². The number of benzene rings is 4. The molecule has 0 atom stereocenters. The summed E-state index contributed by atoms with van der Waals surface area (Å²) in [6.07, 6.45) is 0. The van der Waals surface area contributed by atoms with Gasteiger partial charge in [0.1, 0.15) is 5.82 Å². The largest absolute Gasteiger partial charge is 0.355 e. The number of fused-ring (bicyclic) bond motifs is 1. The van der Waals surface area contributed by atoms with Gasteiger partial charge in [-0.25, -0.2) is 9.97 Å². The predicted octanol–water partition coefficient (Wildman–Crippen LogP) is 7.55. The number of rotatable bonds is 5. The standard InChI is InChI=1S/C26H19BrN4/c27-19-10-7-9-18(17-19)25-30-23-16-8-15-22(28-20-11-3-1-4-12-20)24(23)26(31-25)29-21-13-5-2-6-14-21/h1-17,28H,(H,29,30,31). The number of anilines is 4. The highest BCUT2D eigenvalue weighted by molar-refractivity contribution is 9.10. The van der Waals surface area contributed by atoms with Crippen molar-refractivity contribution in [1.29, 1.82) is 0 Å². The van der Waals surface area contributed by atoms with E-state index in [1.54, 1.807) is 0 Å². The van der Waals surface area contributed by atoms with Crippen LogP contribution >= 0.6 is 15.9 Å². The third kappa shape index (κ3) is 4.27.